The van der Waals surface area contributed by atoms with E-state index in [1.807, 2.05) is 6.92 Å². The van der Waals surface area contributed by atoms with Gasteiger partial charge in [-0.3, -0.25) is 9.88 Å². The Labute approximate surface area is 252 Å². The number of halogens is 3. The summed E-state index contributed by atoms with van der Waals surface area (Å²) < 4.78 is 58.1. The smallest absolute Gasteiger partial charge is 0.319 e. The minimum absolute atomic E-state index is 0.0235. The molecule has 8 rings (SSSR count). The van der Waals surface area contributed by atoms with E-state index in [1.165, 1.54) is 18.2 Å². The maximum Gasteiger partial charge on any atom is 0.319 e. The van der Waals surface area contributed by atoms with E-state index in [-0.39, 0.29) is 40.7 Å². The summed E-state index contributed by atoms with van der Waals surface area (Å²) in [5.74, 6) is -0.668. The van der Waals surface area contributed by atoms with Crippen molar-refractivity contribution >= 4 is 27.5 Å². The van der Waals surface area contributed by atoms with Gasteiger partial charge in [-0.2, -0.15) is 9.97 Å². The Morgan fingerprint density at radius 1 is 1.11 bits per heavy atom. The fourth-order valence-corrected chi connectivity index (χ4v) is 8.07. The lowest BCUT2D eigenvalue weighted by Crippen LogP contribution is -2.59. The van der Waals surface area contributed by atoms with Crippen molar-refractivity contribution in [1.29, 1.82) is 0 Å². The van der Waals surface area contributed by atoms with Crippen LogP contribution >= 0.6 is 0 Å². The number of alkyl halides is 1. The summed E-state index contributed by atoms with van der Waals surface area (Å²) in [5.41, 5.74) is 0.0312. The predicted molar refractivity (Wildman–Crippen MR) is 160 cm³/mol. The zero-order valence-corrected chi connectivity index (χ0v) is 24.6. The summed E-state index contributed by atoms with van der Waals surface area (Å²) >= 11 is 0. The molecule has 0 aliphatic carbocycles. The number of pyridine rings is 1. The van der Waals surface area contributed by atoms with Crippen LogP contribution in [0.4, 0.5) is 19.0 Å². The number of ether oxygens (including phenoxy) is 2. The van der Waals surface area contributed by atoms with Crippen molar-refractivity contribution < 1.29 is 27.8 Å². The van der Waals surface area contributed by atoms with Gasteiger partial charge in [0.1, 0.15) is 41.4 Å². The van der Waals surface area contributed by atoms with Gasteiger partial charge in [0.25, 0.3) is 0 Å². The van der Waals surface area contributed by atoms with Crippen molar-refractivity contribution in [3.8, 4) is 23.0 Å². The van der Waals surface area contributed by atoms with E-state index in [4.69, 9.17) is 14.5 Å². The number of phenolic OH excluding ortho intramolecular Hbond substituents is 1. The van der Waals surface area contributed by atoms with Crippen molar-refractivity contribution in [2.75, 3.05) is 44.4 Å². The number of benzene rings is 2. The Balaban J connectivity index is 1.29. The first-order valence-corrected chi connectivity index (χ1v) is 15.5. The van der Waals surface area contributed by atoms with Crippen molar-refractivity contribution in [3.63, 3.8) is 0 Å². The van der Waals surface area contributed by atoms with E-state index < -0.39 is 23.3 Å². The highest BCUT2D eigenvalue weighted by molar-refractivity contribution is 6.01. The van der Waals surface area contributed by atoms with Crippen molar-refractivity contribution in [2.45, 2.75) is 62.7 Å². The van der Waals surface area contributed by atoms with Crippen LogP contribution in [0, 0.1) is 11.6 Å². The molecule has 6 heterocycles. The largest absolute Gasteiger partial charge is 0.508 e. The molecule has 4 aliphatic rings. The third-order valence-electron chi connectivity index (χ3n) is 10.2. The van der Waals surface area contributed by atoms with E-state index in [1.54, 1.807) is 12.3 Å². The van der Waals surface area contributed by atoms with E-state index >= 15 is 4.39 Å². The second-order valence-electron chi connectivity index (χ2n) is 12.8. The van der Waals surface area contributed by atoms with Crippen LogP contribution in [0.2, 0.25) is 0 Å². The van der Waals surface area contributed by atoms with Gasteiger partial charge >= 0.3 is 6.01 Å². The van der Waals surface area contributed by atoms with Gasteiger partial charge < -0.3 is 19.5 Å². The van der Waals surface area contributed by atoms with Gasteiger partial charge in [0.15, 0.2) is 5.82 Å². The zero-order chi connectivity index (χ0) is 30.2. The maximum atomic E-state index is 16.8. The first-order valence-electron chi connectivity index (χ1n) is 15.5. The second kappa shape index (κ2) is 10.2. The van der Waals surface area contributed by atoms with Crippen LogP contribution in [0.15, 0.2) is 30.5 Å². The van der Waals surface area contributed by atoms with Gasteiger partial charge in [0.05, 0.1) is 29.7 Å². The highest BCUT2D eigenvalue weighted by atomic mass is 19.1. The number of aromatic nitrogens is 3. The summed E-state index contributed by atoms with van der Waals surface area (Å²) in [6.45, 7) is 5.09. The van der Waals surface area contributed by atoms with Crippen LogP contribution in [0.3, 0.4) is 0 Å². The molecule has 4 aliphatic heterocycles. The van der Waals surface area contributed by atoms with E-state index in [9.17, 15) is 13.9 Å². The lowest BCUT2D eigenvalue weighted by Gasteiger charge is -2.46. The normalized spacial score (nSPS) is 24.5. The average molecular weight is 606 g/mol. The summed E-state index contributed by atoms with van der Waals surface area (Å²) in [6.07, 6.45) is 5.08. The summed E-state index contributed by atoms with van der Waals surface area (Å²) in [6, 6.07) is 5.90. The molecule has 2 aromatic carbocycles. The molecule has 2 aromatic heterocycles. The Morgan fingerprint density at radius 2 is 1.95 bits per heavy atom. The van der Waals surface area contributed by atoms with Gasteiger partial charge in [-0.25, -0.2) is 13.2 Å². The standard InChI is InChI=1S/C33H34F3N5O3/c1-2-22-25(35)6-5-19-11-21(42)12-23(26(19)22)28-27(36)29-24(14-37-28)30(41-10-4-8-33(41)16-43-17-33)39-31(38-29)44-18-32-7-3-9-40(32)15-20(34)13-32/h5-6,11-12,14,20,42H,2-4,7-10,13,15-18H2,1H3/t20-,32?/m1/s1. The number of nitrogens with zero attached hydrogens (tertiary/aromatic N) is 5. The molecule has 11 heteroatoms. The molecule has 4 fully saturated rings. The molecule has 0 radical (unpaired) electrons. The number of fused-ring (bicyclic) bond motifs is 3. The Bertz CT molecular complexity index is 1800. The molecule has 4 aromatic rings. The first-order chi connectivity index (χ1) is 21.3. The minimum atomic E-state index is -0.906. The highest BCUT2D eigenvalue weighted by Crippen LogP contribution is 2.44. The number of aromatic hydroxyl groups is 1. The van der Waals surface area contributed by atoms with Crippen LogP contribution in [-0.2, 0) is 11.2 Å². The van der Waals surface area contributed by atoms with Crippen LogP contribution in [0.25, 0.3) is 32.9 Å². The van der Waals surface area contributed by atoms with Crippen LogP contribution in [-0.4, -0.2) is 81.7 Å². The highest BCUT2D eigenvalue weighted by Gasteiger charge is 2.50. The fraction of sp³-hybridized carbons (Fsp3) is 0.485. The van der Waals surface area contributed by atoms with E-state index in [0.717, 1.165) is 38.8 Å². The molecule has 1 N–H and O–H groups in total. The first kappa shape index (κ1) is 27.8. The third kappa shape index (κ3) is 4.15. The summed E-state index contributed by atoms with van der Waals surface area (Å²) in [5, 5.41) is 12.1. The zero-order valence-electron chi connectivity index (χ0n) is 24.6. The molecular weight excluding hydrogens is 571 g/mol. The molecule has 44 heavy (non-hydrogen) atoms. The van der Waals surface area contributed by atoms with Gasteiger partial charge in [-0.1, -0.05) is 13.0 Å². The van der Waals surface area contributed by atoms with Crippen molar-refractivity contribution in [2.24, 2.45) is 0 Å². The van der Waals surface area contributed by atoms with Gasteiger partial charge in [-0.05, 0) is 73.2 Å². The summed E-state index contributed by atoms with van der Waals surface area (Å²) in [4.78, 5) is 18.3. The molecule has 1 spiro atoms. The Morgan fingerprint density at radius 3 is 2.75 bits per heavy atom. The monoisotopic (exact) mass is 605 g/mol. The van der Waals surface area contributed by atoms with Crippen molar-refractivity contribution in [3.05, 3.63) is 47.7 Å². The Kier molecular flexibility index (Phi) is 6.43. The van der Waals surface area contributed by atoms with Crippen LogP contribution in [0.5, 0.6) is 11.8 Å². The molecule has 0 saturated carbocycles. The Hall–Kier alpha value is -3.70. The predicted octanol–water partition coefficient (Wildman–Crippen LogP) is 5.72. The number of hydrogen-bond acceptors (Lipinski definition) is 8. The number of rotatable bonds is 6. The minimum Gasteiger partial charge on any atom is -0.508 e. The van der Waals surface area contributed by atoms with Gasteiger partial charge in [-0.15, -0.1) is 0 Å². The molecule has 1 unspecified atom stereocenters. The SMILES string of the molecule is CCc1c(F)ccc2cc(O)cc(-c3ncc4c(N5CCCC56COC6)nc(OCC56CCCN5C[C@H](F)C6)nc4c3F)c12. The van der Waals surface area contributed by atoms with E-state index in [2.05, 4.69) is 19.8 Å². The van der Waals surface area contributed by atoms with Crippen LogP contribution in [0.1, 0.15) is 44.6 Å². The molecule has 0 amide bonds. The number of phenols is 1. The molecular formula is C33H34F3N5O3. The maximum absolute atomic E-state index is 16.8. The quantitative estimate of drug-likeness (QED) is 0.299. The number of hydrogen-bond donors (Lipinski definition) is 1. The van der Waals surface area contributed by atoms with Crippen molar-refractivity contribution in [1.82, 2.24) is 19.9 Å². The lowest BCUT2D eigenvalue weighted by atomic mass is 9.93. The fourth-order valence-electron chi connectivity index (χ4n) is 8.07. The van der Waals surface area contributed by atoms with Gasteiger partial charge in [0, 0.05) is 31.3 Å². The lowest BCUT2D eigenvalue weighted by molar-refractivity contribution is -0.0507. The van der Waals surface area contributed by atoms with E-state index in [0.29, 0.717) is 60.1 Å². The molecule has 2 atom stereocenters. The number of aryl methyl sites for hydroxylation is 1. The molecule has 8 nitrogen and oxygen atoms in total. The topological polar surface area (TPSA) is 83.8 Å². The molecule has 230 valence electrons. The van der Waals surface area contributed by atoms with Gasteiger partial charge in [0.2, 0.25) is 0 Å². The molecule has 0 bridgehead atoms. The third-order valence-corrected chi connectivity index (χ3v) is 10.2. The van der Waals surface area contributed by atoms with Crippen LogP contribution < -0.4 is 9.64 Å². The second-order valence-corrected chi connectivity index (χ2v) is 12.8. The number of anilines is 1. The summed E-state index contributed by atoms with van der Waals surface area (Å²) in [7, 11) is 0. The molecule has 4 saturated heterocycles. The average Bonchev–Trinajstić information content (AvgIpc) is 3.68.